The lowest BCUT2D eigenvalue weighted by molar-refractivity contribution is 0.745. The third-order valence-corrected chi connectivity index (χ3v) is 3.38. The van der Waals surface area contributed by atoms with Gasteiger partial charge in [0.15, 0.2) is 5.16 Å². The summed E-state index contributed by atoms with van der Waals surface area (Å²) in [5.74, 6) is 2.73. The van der Waals surface area contributed by atoms with Gasteiger partial charge in [0.25, 0.3) is 0 Å². The number of hydrogen-bond donors (Lipinski definition) is 1. The Kier molecular flexibility index (Phi) is 4.14. The van der Waals surface area contributed by atoms with Crippen molar-refractivity contribution in [3.8, 4) is 5.95 Å². The molecule has 0 unspecified atom stereocenters. The first kappa shape index (κ1) is 12.8. The summed E-state index contributed by atoms with van der Waals surface area (Å²) in [5, 5.41) is 3.68. The molecule has 0 fully saturated rings. The van der Waals surface area contributed by atoms with Gasteiger partial charge in [0, 0.05) is 25.2 Å². The monoisotopic (exact) mass is 264 g/mol. The van der Waals surface area contributed by atoms with E-state index in [1.165, 1.54) is 0 Å². The molecule has 2 aromatic rings. The molecule has 0 aromatic carbocycles. The maximum Gasteiger partial charge on any atom is 0.240 e. The van der Waals surface area contributed by atoms with Crippen molar-refractivity contribution in [2.75, 3.05) is 18.1 Å². The van der Waals surface area contributed by atoms with Gasteiger partial charge in [-0.15, -0.1) is 0 Å². The van der Waals surface area contributed by atoms with Gasteiger partial charge in [0.2, 0.25) is 11.9 Å². The molecule has 0 saturated heterocycles. The number of rotatable bonds is 5. The minimum Gasteiger partial charge on any atom is -0.357 e. The van der Waals surface area contributed by atoms with E-state index < -0.39 is 0 Å². The first-order chi connectivity index (χ1) is 8.69. The Morgan fingerprint density at radius 2 is 2.17 bits per heavy atom. The zero-order valence-corrected chi connectivity index (χ0v) is 11.5. The molecule has 6 nitrogen and oxygen atoms in total. The number of nitrogens with zero attached hydrogens (tertiary/aromatic N) is 5. The average molecular weight is 264 g/mol. The van der Waals surface area contributed by atoms with Gasteiger partial charge in [0.1, 0.15) is 6.33 Å². The zero-order chi connectivity index (χ0) is 13.0. The van der Waals surface area contributed by atoms with Crippen molar-refractivity contribution in [3.63, 3.8) is 0 Å². The largest absolute Gasteiger partial charge is 0.357 e. The van der Waals surface area contributed by atoms with E-state index in [2.05, 4.69) is 39.1 Å². The fraction of sp³-hybridized carbons (Fsp3) is 0.455. The summed E-state index contributed by atoms with van der Waals surface area (Å²) < 4.78 is 1.77. The van der Waals surface area contributed by atoms with Crippen molar-refractivity contribution in [2.24, 2.45) is 5.92 Å². The highest BCUT2D eigenvalue weighted by molar-refractivity contribution is 7.99. The maximum absolute atomic E-state index is 4.42. The summed E-state index contributed by atoms with van der Waals surface area (Å²) in [6, 6.07) is 0. The smallest absolute Gasteiger partial charge is 0.240 e. The van der Waals surface area contributed by atoms with Crippen LogP contribution >= 0.6 is 11.8 Å². The number of thioether (sulfide) groups is 1. The van der Waals surface area contributed by atoms with E-state index in [4.69, 9.17) is 0 Å². The van der Waals surface area contributed by atoms with Gasteiger partial charge in [-0.25, -0.2) is 4.98 Å². The van der Waals surface area contributed by atoms with Crippen LogP contribution in [0.2, 0.25) is 0 Å². The lowest BCUT2D eigenvalue weighted by Gasteiger charge is -2.07. The van der Waals surface area contributed by atoms with Crippen LogP contribution in [-0.4, -0.2) is 37.3 Å². The number of aromatic nitrogens is 5. The molecule has 0 spiro atoms. The third-order valence-electron chi connectivity index (χ3n) is 2.11. The molecule has 0 aliphatic rings. The van der Waals surface area contributed by atoms with Crippen molar-refractivity contribution >= 4 is 17.7 Å². The van der Waals surface area contributed by atoms with Crippen molar-refractivity contribution in [1.82, 2.24) is 24.5 Å². The summed E-state index contributed by atoms with van der Waals surface area (Å²) in [6.07, 6.45) is 5.18. The van der Waals surface area contributed by atoms with E-state index in [1.54, 1.807) is 35.9 Å². The molecule has 1 N–H and O–H groups in total. The van der Waals surface area contributed by atoms with Crippen LogP contribution in [0.3, 0.4) is 0 Å². The molecular formula is C11H16N6S. The Labute approximate surface area is 110 Å². The van der Waals surface area contributed by atoms with Crippen molar-refractivity contribution in [3.05, 3.63) is 18.7 Å². The number of hydrogen-bond acceptors (Lipinski definition) is 6. The van der Waals surface area contributed by atoms with Crippen LogP contribution in [0.4, 0.5) is 5.95 Å². The minimum atomic E-state index is 0.569. The Morgan fingerprint density at radius 1 is 1.33 bits per heavy atom. The highest BCUT2D eigenvalue weighted by Crippen LogP contribution is 2.18. The molecule has 2 heterocycles. The number of anilines is 1. The fourth-order valence-electron chi connectivity index (χ4n) is 1.26. The van der Waals surface area contributed by atoms with E-state index in [-0.39, 0.29) is 0 Å². The van der Waals surface area contributed by atoms with Gasteiger partial charge < -0.3 is 5.32 Å². The van der Waals surface area contributed by atoms with Crippen molar-refractivity contribution in [1.29, 1.82) is 0 Å². The number of nitrogens with one attached hydrogen (secondary N) is 1. The van der Waals surface area contributed by atoms with Crippen LogP contribution in [0.5, 0.6) is 0 Å². The Morgan fingerprint density at radius 3 is 2.78 bits per heavy atom. The van der Waals surface area contributed by atoms with Crippen LogP contribution in [0.25, 0.3) is 5.95 Å². The predicted octanol–water partition coefficient (Wildman–Crippen LogP) is 1.85. The highest BCUT2D eigenvalue weighted by Gasteiger charge is 2.08. The molecule has 2 aromatic heterocycles. The first-order valence-electron chi connectivity index (χ1n) is 5.74. The molecule has 0 atom stereocenters. The summed E-state index contributed by atoms with van der Waals surface area (Å²) in [5.41, 5.74) is 0. The van der Waals surface area contributed by atoms with Gasteiger partial charge in [-0.3, -0.25) is 4.57 Å². The lowest BCUT2D eigenvalue weighted by Crippen LogP contribution is -2.07. The van der Waals surface area contributed by atoms with Gasteiger partial charge in [0.05, 0.1) is 0 Å². The second-order valence-electron chi connectivity index (χ2n) is 4.17. The molecule has 0 radical (unpaired) electrons. The lowest BCUT2D eigenvalue weighted by atomic mass is 10.3. The van der Waals surface area contributed by atoms with Gasteiger partial charge >= 0.3 is 0 Å². The molecule has 2 rings (SSSR count). The standard InChI is InChI=1S/C11H16N6S/c1-8(2)6-18-11-15-9(12-3)14-10(16-11)17-5-4-13-7-17/h4-5,7-8H,6H2,1-3H3,(H,12,14,15,16). The topological polar surface area (TPSA) is 68.5 Å². The Balaban J connectivity index is 2.27. The van der Waals surface area contributed by atoms with E-state index in [0.29, 0.717) is 17.8 Å². The second kappa shape index (κ2) is 5.81. The van der Waals surface area contributed by atoms with E-state index in [1.807, 2.05) is 6.20 Å². The molecule has 0 bridgehead atoms. The van der Waals surface area contributed by atoms with Gasteiger partial charge in [-0.2, -0.15) is 15.0 Å². The summed E-state index contributed by atoms with van der Waals surface area (Å²) in [4.78, 5) is 17.0. The highest BCUT2D eigenvalue weighted by atomic mass is 32.2. The fourth-order valence-corrected chi connectivity index (χ4v) is 2.04. The molecule has 7 heteroatoms. The SMILES string of the molecule is CNc1nc(SCC(C)C)nc(-n2ccnc2)n1. The van der Waals surface area contributed by atoms with Gasteiger partial charge in [-0.1, -0.05) is 25.6 Å². The molecule has 96 valence electrons. The Hall–Kier alpha value is -1.63. The Bertz CT molecular complexity index is 496. The van der Waals surface area contributed by atoms with Crippen LogP contribution in [0.15, 0.2) is 23.9 Å². The zero-order valence-electron chi connectivity index (χ0n) is 10.7. The van der Waals surface area contributed by atoms with Crippen molar-refractivity contribution in [2.45, 2.75) is 19.0 Å². The molecule has 0 saturated carbocycles. The quantitative estimate of drug-likeness (QED) is 0.831. The molecule has 18 heavy (non-hydrogen) atoms. The second-order valence-corrected chi connectivity index (χ2v) is 5.15. The summed E-state index contributed by atoms with van der Waals surface area (Å²) >= 11 is 1.63. The first-order valence-corrected chi connectivity index (χ1v) is 6.72. The van der Waals surface area contributed by atoms with Crippen LogP contribution in [0.1, 0.15) is 13.8 Å². The summed E-state index contributed by atoms with van der Waals surface area (Å²) in [6.45, 7) is 4.34. The molecule has 0 amide bonds. The van der Waals surface area contributed by atoms with Crippen LogP contribution in [-0.2, 0) is 0 Å². The van der Waals surface area contributed by atoms with E-state index in [9.17, 15) is 0 Å². The molecule has 0 aliphatic heterocycles. The van der Waals surface area contributed by atoms with Crippen molar-refractivity contribution < 1.29 is 0 Å². The third kappa shape index (κ3) is 3.19. The van der Waals surface area contributed by atoms with E-state index >= 15 is 0 Å². The maximum atomic E-state index is 4.42. The van der Waals surface area contributed by atoms with Crippen LogP contribution in [0, 0.1) is 5.92 Å². The molecular weight excluding hydrogens is 248 g/mol. The summed E-state index contributed by atoms with van der Waals surface area (Å²) in [7, 11) is 1.80. The predicted molar refractivity (Wildman–Crippen MR) is 72.1 cm³/mol. The van der Waals surface area contributed by atoms with Crippen LogP contribution < -0.4 is 5.32 Å². The average Bonchev–Trinajstić information content (AvgIpc) is 2.89. The minimum absolute atomic E-state index is 0.569. The van der Waals surface area contributed by atoms with Gasteiger partial charge in [-0.05, 0) is 5.92 Å². The number of imidazole rings is 1. The molecule has 0 aliphatic carbocycles. The van der Waals surface area contributed by atoms with E-state index in [0.717, 1.165) is 10.9 Å². The normalized spacial score (nSPS) is 10.9.